The van der Waals surface area contributed by atoms with E-state index in [0.29, 0.717) is 17.2 Å². The van der Waals surface area contributed by atoms with E-state index in [1.54, 1.807) is 32.5 Å². The number of thioether (sulfide) groups is 1. The molecule has 8 heteroatoms. The molecule has 0 unspecified atom stereocenters. The maximum absolute atomic E-state index is 10.1. The van der Waals surface area contributed by atoms with Gasteiger partial charge in [-0.1, -0.05) is 6.07 Å². The number of methoxy groups -OCH3 is 2. The highest BCUT2D eigenvalue weighted by Gasteiger charge is 2.38. The number of benzene rings is 1. The predicted octanol–water partition coefficient (Wildman–Crippen LogP) is 1.30. The van der Waals surface area contributed by atoms with Crippen LogP contribution < -0.4 is 14.2 Å². The van der Waals surface area contributed by atoms with Crippen LogP contribution in [-0.4, -0.2) is 64.0 Å². The molecule has 1 aliphatic rings. The monoisotopic (exact) mass is 379 g/mol. The molecule has 1 fully saturated rings. The van der Waals surface area contributed by atoms with Crippen LogP contribution >= 0.6 is 11.8 Å². The van der Waals surface area contributed by atoms with Gasteiger partial charge in [-0.05, 0) is 23.8 Å². The number of nitrogens with zero attached hydrogens (tertiary/aromatic N) is 1. The fraction of sp³-hybridized carbons (Fsp3) is 0.389. The van der Waals surface area contributed by atoms with Crippen molar-refractivity contribution in [2.45, 2.75) is 23.7 Å². The molecule has 140 valence electrons. The molecule has 1 saturated heterocycles. The summed E-state index contributed by atoms with van der Waals surface area (Å²) in [5.41, 5.74) is 0.989. The van der Waals surface area contributed by atoms with Gasteiger partial charge in [0.05, 0.1) is 26.5 Å². The molecule has 4 atom stereocenters. The third-order valence-electron chi connectivity index (χ3n) is 4.14. The second-order valence-electron chi connectivity index (χ2n) is 5.85. The van der Waals surface area contributed by atoms with E-state index >= 15 is 0 Å². The van der Waals surface area contributed by atoms with Crippen LogP contribution in [0.3, 0.4) is 0 Å². The van der Waals surface area contributed by atoms with Crippen molar-refractivity contribution < 1.29 is 29.5 Å². The van der Waals surface area contributed by atoms with Crippen LogP contribution in [0.4, 0.5) is 0 Å². The first-order valence-corrected chi connectivity index (χ1v) is 9.08. The normalized spacial score (nSPS) is 25.6. The first kappa shape index (κ1) is 18.8. The summed E-state index contributed by atoms with van der Waals surface area (Å²) < 4.78 is 16.3. The SMILES string of the molecule is COc1ccc(-c2cncc(O[C@@H]3SC[C@@H](O)[C@H](O)[C@H]3O)c2)cc1OC. The summed E-state index contributed by atoms with van der Waals surface area (Å²) in [6.07, 6.45) is -0.158. The zero-order chi connectivity index (χ0) is 18.7. The number of hydrogen-bond donors (Lipinski definition) is 3. The second-order valence-corrected chi connectivity index (χ2v) is 6.98. The summed E-state index contributed by atoms with van der Waals surface area (Å²) in [7, 11) is 3.15. The molecular formula is C18H21NO6S. The zero-order valence-corrected chi connectivity index (χ0v) is 15.2. The molecule has 0 radical (unpaired) electrons. The first-order chi connectivity index (χ1) is 12.5. The molecule has 0 bridgehead atoms. The van der Waals surface area contributed by atoms with Crippen LogP contribution in [0.5, 0.6) is 17.2 Å². The maximum Gasteiger partial charge on any atom is 0.173 e. The lowest BCUT2D eigenvalue weighted by Crippen LogP contribution is -2.50. The molecule has 0 spiro atoms. The average molecular weight is 379 g/mol. The van der Waals surface area contributed by atoms with Crippen molar-refractivity contribution in [2.24, 2.45) is 0 Å². The van der Waals surface area contributed by atoms with Crippen LogP contribution in [0.2, 0.25) is 0 Å². The summed E-state index contributed by atoms with van der Waals surface area (Å²) in [5.74, 6) is 1.97. The van der Waals surface area contributed by atoms with E-state index in [4.69, 9.17) is 14.2 Å². The Kier molecular flexibility index (Phi) is 5.87. The van der Waals surface area contributed by atoms with E-state index in [-0.39, 0.29) is 5.75 Å². The summed E-state index contributed by atoms with van der Waals surface area (Å²) >= 11 is 1.24. The van der Waals surface area contributed by atoms with Gasteiger partial charge in [0.1, 0.15) is 18.0 Å². The lowest BCUT2D eigenvalue weighted by Gasteiger charge is -2.34. The minimum absolute atomic E-state index is 0.283. The van der Waals surface area contributed by atoms with Crippen molar-refractivity contribution in [1.82, 2.24) is 4.98 Å². The Labute approximate surface area is 155 Å². The Morgan fingerprint density at radius 2 is 1.73 bits per heavy atom. The Hall–Kier alpha value is -2.00. The van der Waals surface area contributed by atoms with Gasteiger partial charge in [0.15, 0.2) is 16.9 Å². The van der Waals surface area contributed by atoms with Gasteiger partial charge in [0.2, 0.25) is 0 Å². The molecule has 3 N–H and O–H groups in total. The van der Waals surface area contributed by atoms with E-state index in [9.17, 15) is 15.3 Å². The predicted molar refractivity (Wildman–Crippen MR) is 97.7 cm³/mol. The van der Waals surface area contributed by atoms with E-state index in [2.05, 4.69) is 4.98 Å². The number of pyridine rings is 1. The molecule has 26 heavy (non-hydrogen) atoms. The smallest absolute Gasteiger partial charge is 0.173 e. The summed E-state index contributed by atoms with van der Waals surface area (Å²) in [5, 5.41) is 29.5. The maximum atomic E-state index is 10.1. The molecule has 0 amide bonds. The summed E-state index contributed by atoms with van der Waals surface area (Å²) in [6.45, 7) is 0. The number of aliphatic hydroxyl groups excluding tert-OH is 3. The van der Waals surface area contributed by atoms with E-state index in [1.807, 2.05) is 12.1 Å². The minimum Gasteiger partial charge on any atom is -0.493 e. The van der Waals surface area contributed by atoms with Gasteiger partial charge in [-0.25, -0.2) is 0 Å². The molecular weight excluding hydrogens is 358 g/mol. The van der Waals surface area contributed by atoms with Crippen LogP contribution in [0.1, 0.15) is 0 Å². The Bertz CT molecular complexity index is 758. The van der Waals surface area contributed by atoms with E-state index in [1.165, 1.54) is 18.0 Å². The molecule has 0 aliphatic carbocycles. The lowest BCUT2D eigenvalue weighted by atomic mass is 10.1. The molecule has 1 aromatic heterocycles. The topological polar surface area (TPSA) is 101 Å². The number of hydrogen-bond acceptors (Lipinski definition) is 8. The summed E-state index contributed by atoms with van der Waals surface area (Å²) in [6, 6.07) is 7.32. The summed E-state index contributed by atoms with van der Waals surface area (Å²) in [4.78, 5) is 4.18. The zero-order valence-electron chi connectivity index (χ0n) is 14.4. The molecule has 2 aromatic rings. The quantitative estimate of drug-likeness (QED) is 0.715. The van der Waals surface area contributed by atoms with Gasteiger partial charge in [0, 0.05) is 17.5 Å². The van der Waals surface area contributed by atoms with Gasteiger partial charge < -0.3 is 29.5 Å². The van der Waals surface area contributed by atoms with Gasteiger partial charge in [0.25, 0.3) is 0 Å². The fourth-order valence-corrected chi connectivity index (χ4v) is 3.80. The molecule has 7 nitrogen and oxygen atoms in total. The van der Waals surface area contributed by atoms with Crippen LogP contribution in [0, 0.1) is 0 Å². The Morgan fingerprint density at radius 1 is 0.962 bits per heavy atom. The number of aromatic nitrogens is 1. The fourth-order valence-electron chi connectivity index (χ4n) is 2.67. The third kappa shape index (κ3) is 3.88. The van der Waals surface area contributed by atoms with Crippen molar-refractivity contribution in [3.8, 4) is 28.4 Å². The number of ether oxygens (including phenoxy) is 3. The van der Waals surface area contributed by atoms with Crippen molar-refractivity contribution >= 4 is 11.8 Å². The Morgan fingerprint density at radius 3 is 2.46 bits per heavy atom. The Balaban J connectivity index is 1.80. The van der Waals surface area contributed by atoms with Gasteiger partial charge in [-0.3, -0.25) is 4.98 Å². The molecule has 1 aliphatic heterocycles. The highest BCUT2D eigenvalue weighted by atomic mass is 32.2. The number of rotatable bonds is 5. The molecule has 1 aromatic carbocycles. The van der Waals surface area contributed by atoms with Crippen molar-refractivity contribution in [1.29, 1.82) is 0 Å². The second kappa shape index (κ2) is 8.13. The standard InChI is InChI=1S/C18H21NO6S/c1-23-14-4-3-10(6-15(14)24-2)11-5-12(8-19-7-11)25-18-17(22)16(21)13(20)9-26-18/h3-8,13,16-18,20-22H,9H2,1-2H3/t13-,16+,17-,18-/m1/s1. The molecule has 2 heterocycles. The van der Waals surface area contributed by atoms with Crippen LogP contribution in [0.15, 0.2) is 36.7 Å². The van der Waals surface area contributed by atoms with Crippen molar-refractivity contribution in [3.05, 3.63) is 36.7 Å². The lowest BCUT2D eigenvalue weighted by molar-refractivity contribution is -0.0786. The number of aliphatic hydroxyl groups is 3. The van der Waals surface area contributed by atoms with Crippen molar-refractivity contribution in [3.63, 3.8) is 0 Å². The average Bonchev–Trinajstić information content (AvgIpc) is 2.68. The third-order valence-corrected chi connectivity index (χ3v) is 5.37. The highest BCUT2D eigenvalue weighted by Crippen LogP contribution is 2.34. The largest absolute Gasteiger partial charge is 0.493 e. The first-order valence-electron chi connectivity index (χ1n) is 8.03. The van der Waals surface area contributed by atoms with E-state index < -0.39 is 23.7 Å². The van der Waals surface area contributed by atoms with E-state index in [0.717, 1.165) is 11.1 Å². The molecule has 3 rings (SSSR count). The highest BCUT2D eigenvalue weighted by molar-refractivity contribution is 7.99. The van der Waals surface area contributed by atoms with Gasteiger partial charge >= 0.3 is 0 Å². The van der Waals surface area contributed by atoms with Gasteiger partial charge in [-0.2, -0.15) is 0 Å². The van der Waals surface area contributed by atoms with Crippen LogP contribution in [0.25, 0.3) is 11.1 Å². The molecule has 0 saturated carbocycles. The van der Waals surface area contributed by atoms with Crippen molar-refractivity contribution in [2.75, 3.05) is 20.0 Å². The van der Waals surface area contributed by atoms with Crippen LogP contribution in [-0.2, 0) is 0 Å². The minimum atomic E-state index is -1.23. The van der Waals surface area contributed by atoms with Gasteiger partial charge in [-0.15, -0.1) is 11.8 Å².